The third-order valence-corrected chi connectivity index (χ3v) is 2.95. The van der Waals surface area contributed by atoms with Gasteiger partial charge in [0, 0.05) is 25.0 Å². The van der Waals surface area contributed by atoms with E-state index in [-0.39, 0.29) is 24.9 Å². The molecule has 6 nitrogen and oxygen atoms in total. The first-order valence-corrected chi connectivity index (χ1v) is 6.14. The molecule has 0 bridgehead atoms. The van der Waals surface area contributed by atoms with Crippen LogP contribution >= 0.6 is 0 Å². The summed E-state index contributed by atoms with van der Waals surface area (Å²) in [5.41, 5.74) is -0.161. The summed E-state index contributed by atoms with van der Waals surface area (Å²) >= 11 is 0. The van der Waals surface area contributed by atoms with Crippen LogP contribution in [0.25, 0.3) is 0 Å². The van der Waals surface area contributed by atoms with E-state index in [0.717, 1.165) is 5.69 Å². The minimum atomic E-state index is -0.972. The molecule has 0 aromatic carbocycles. The lowest BCUT2D eigenvalue weighted by molar-refractivity contribution is 0.0211. The average Bonchev–Trinajstić information content (AvgIpc) is 2.80. The van der Waals surface area contributed by atoms with Crippen molar-refractivity contribution in [2.75, 3.05) is 13.2 Å². The molecular formula is C12H21N3O3. The highest BCUT2D eigenvalue weighted by Gasteiger charge is 2.25. The highest BCUT2D eigenvalue weighted by atomic mass is 16.3. The normalized spacial score (nSPS) is 14.2. The first-order chi connectivity index (χ1) is 8.50. The molecule has 0 unspecified atom stereocenters. The van der Waals surface area contributed by atoms with Gasteiger partial charge in [0.05, 0.1) is 5.60 Å². The highest BCUT2D eigenvalue weighted by molar-refractivity contribution is 5.90. The van der Waals surface area contributed by atoms with Gasteiger partial charge in [-0.3, -0.25) is 4.79 Å². The molecule has 18 heavy (non-hydrogen) atoms. The van der Waals surface area contributed by atoms with Crippen LogP contribution in [-0.4, -0.2) is 44.8 Å². The van der Waals surface area contributed by atoms with Gasteiger partial charge >= 0.3 is 0 Å². The van der Waals surface area contributed by atoms with Gasteiger partial charge in [-0.25, -0.2) is 4.98 Å². The zero-order chi connectivity index (χ0) is 13.6. The predicted octanol–water partition coefficient (Wildman–Crippen LogP) is 0.362. The van der Waals surface area contributed by atoms with Crippen molar-refractivity contribution in [3.05, 3.63) is 17.7 Å². The fraction of sp³-hybridized carbons (Fsp3) is 0.667. The molecule has 6 heteroatoms. The zero-order valence-electron chi connectivity index (χ0n) is 10.9. The van der Waals surface area contributed by atoms with Gasteiger partial charge in [0.25, 0.3) is 5.91 Å². The van der Waals surface area contributed by atoms with E-state index in [2.05, 4.69) is 15.3 Å². The summed E-state index contributed by atoms with van der Waals surface area (Å²) in [5, 5.41) is 21.6. The van der Waals surface area contributed by atoms with Crippen LogP contribution in [0.3, 0.4) is 0 Å². The third kappa shape index (κ3) is 4.12. The maximum Gasteiger partial charge on any atom is 0.287 e. The predicted molar refractivity (Wildman–Crippen MR) is 67.2 cm³/mol. The molecule has 0 aliphatic heterocycles. The number of aromatic amines is 1. The van der Waals surface area contributed by atoms with E-state index in [0.29, 0.717) is 19.3 Å². The van der Waals surface area contributed by atoms with Crippen LogP contribution in [0.15, 0.2) is 6.20 Å². The topological polar surface area (TPSA) is 98.2 Å². The van der Waals surface area contributed by atoms with E-state index in [1.54, 1.807) is 6.20 Å². The number of rotatable bonds is 7. The molecule has 4 N–H and O–H groups in total. The SMILES string of the molecule is CC[C@@](O)(CCCO)CNC(=O)c1ncc(C)[nH]1. The third-order valence-electron chi connectivity index (χ3n) is 2.95. The fourth-order valence-corrected chi connectivity index (χ4v) is 1.65. The number of carbonyl (C=O) groups excluding carboxylic acids is 1. The monoisotopic (exact) mass is 255 g/mol. The molecule has 1 rings (SSSR count). The minimum Gasteiger partial charge on any atom is -0.396 e. The van der Waals surface area contributed by atoms with Gasteiger partial charge in [-0.1, -0.05) is 6.92 Å². The summed E-state index contributed by atoms with van der Waals surface area (Å²) in [6.07, 6.45) is 3.06. The molecule has 0 radical (unpaired) electrons. The Labute approximate surface area is 106 Å². The second-order valence-electron chi connectivity index (χ2n) is 4.50. The van der Waals surface area contributed by atoms with Crippen molar-refractivity contribution in [3.8, 4) is 0 Å². The highest BCUT2D eigenvalue weighted by Crippen LogP contribution is 2.16. The van der Waals surface area contributed by atoms with Crippen LogP contribution in [0.4, 0.5) is 0 Å². The Balaban J connectivity index is 2.49. The number of imidazole rings is 1. The maximum absolute atomic E-state index is 11.7. The lowest BCUT2D eigenvalue weighted by Gasteiger charge is -2.26. The van der Waals surface area contributed by atoms with Crippen molar-refractivity contribution in [2.45, 2.75) is 38.7 Å². The first kappa shape index (κ1) is 14.7. The fourth-order valence-electron chi connectivity index (χ4n) is 1.65. The molecule has 0 aliphatic rings. The van der Waals surface area contributed by atoms with E-state index in [1.807, 2.05) is 13.8 Å². The van der Waals surface area contributed by atoms with Crippen LogP contribution in [-0.2, 0) is 0 Å². The van der Waals surface area contributed by atoms with Crippen LogP contribution in [0.1, 0.15) is 42.5 Å². The number of aliphatic hydroxyl groups is 2. The molecule has 0 aliphatic carbocycles. The quantitative estimate of drug-likeness (QED) is 0.565. The average molecular weight is 255 g/mol. The van der Waals surface area contributed by atoms with Crippen LogP contribution in [0.2, 0.25) is 0 Å². The summed E-state index contributed by atoms with van der Waals surface area (Å²) in [5.74, 6) is -0.0907. The Morgan fingerprint density at radius 2 is 2.33 bits per heavy atom. The van der Waals surface area contributed by atoms with Crippen molar-refractivity contribution in [2.24, 2.45) is 0 Å². The maximum atomic E-state index is 11.7. The number of carbonyl (C=O) groups is 1. The van der Waals surface area contributed by atoms with Gasteiger partial charge in [0.2, 0.25) is 0 Å². The van der Waals surface area contributed by atoms with Gasteiger partial charge in [-0.05, 0) is 26.2 Å². The van der Waals surface area contributed by atoms with E-state index < -0.39 is 5.60 Å². The largest absolute Gasteiger partial charge is 0.396 e. The smallest absolute Gasteiger partial charge is 0.287 e. The van der Waals surface area contributed by atoms with Crippen LogP contribution in [0.5, 0.6) is 0 Å². The second-order valence-corrected chi connectivity index (χ2v) is 4.50. The molecule has 102 valence electrons. The van der Waals surface area contributed by atoms with Gasteiger partial charge in [-0.2, -0.15) is 0 Å². The number of hydrogen-bond acceptors (Lipinski definition) is 4. The number of nitrogens with zero attached hydrogens (tertiary/aromatic N) is 1. The number of H-pyrrole nitrogens is 1. The minimum absolute atomic E-state index is 0.0354. The molecule has 1 heterocycles. The van der Waals surface area contributed by atoms with Gasteiger partial charge < -0.3 is 20.5 Å². The molecule has 0 saturated heterocycles. The summed E-state index contributed by atoms with van der Waals surface area (Å²) in [6, 6.07) is 0. The lowest BCUT2D eigenvalue weighted by atomic mass is 9.95. The molecule has 0 fully saturated rings. The standard InChI is InChI=1S/C12H21N3O3/c1-3-12(18,5-4-6-16)8-14-11(17)10-13-7-9(2)15-10/h7,16,18H,3-6,8H2,1-2H3,(H,13,15)(H,14,17)/t12-/m1/s1. The first-order valence-electron chi connectivity index (χ1n) is 6.14. The van der Waals surface area contributed by atoms with Crippen molar-refractivity contribution in [1.82, 2.24) is 15.3 Å². The van der Waals surface area contributed by atoms with E-state index in [4.69, 9.17) is 5.11 Å². The molecule has 0 saturated carbocycles. The van der Waals surface area contributed by atoms with Gasteiger partial charge in [0.1, 0.15) is 0 Å². The summed E-state index contributed by atoms with van der Waals surface area (Å²) in [7, 11) is 0. The summed E-state index contributed by atoms with van der Waals surface area (Å²) in [4.78, 5) is 18.5. The molecular weight excluding hydrogens is 234 g/mol. The Hall–Kier alpha value is -1.40. The summed E-state index contributed by atoms with van der Waals surface area (Å²) < 4.78 is 0. The Kier molecular flexibility index (Phi) is 5.30. The number of hydrogen-bond donors (Lipinski definition) is 4. The van der Waals surface area contributed by atoms with Crippen LogP contribution in [0, 0.1) is 6.92 Å². The Bertz CT molecular complexity index is 392. The molecule has 1 aromatic rings. The van der Waals surface area contributed by atoms with E-state index in [1.165, 1.54) is 0 Å². The van der Waals surface area contributed by atoms with Gasteiger partial charge in [-0.15, -0.1) is 0 Å². The number of aryl methyl sites for hydroxylation is 1. The van der Waals surface area contributed by atoms with Crippen molar-refractivity contribution in [3.63, 3.8) is 0 Å². The molecule has 1 aromatic heterocycles. The number of nitrogens with one attached hydrogen (secondary N) is 2. The molecule has 1 amide bonds. The summed E-state index contributed by atoms with van der Waals surface area (Å²) in [6.45, 7) is 3.85. The number of aliphatic hydroxyl groups excluding tert-OH is 1. The molecule has 0 spiro atoms. The zero-order valence-corrected chi connectivity index (χ0v) is 10.9. The van der Waals surface area contributed by atoms with Crippen molar-refractivity contribution in [1.29, 1.82) is 0 Å². The Morgan fingerprint density at radius 3 is 2.83 bits per heavy atom. The Morgan fingerprint density at radius 1 is 1.61 bits per heavy atom. The second kappa shape index (κ2) is 6.51. The van der Waals surface area contributed by atoms with Crippen molar-refractivity contribution >= 4 is 5.91 Å². The van der Waals surface area contributed by atoms with Crippen molar-refractivity contribution < 1.29 is 15.0 Å². The number of amides is 1. The van der Waals surface area contributed by atoms with E-state index in [9.17, 15) is 9.90 Å². The molecule has 1 atom stereocenters. The number of aromatic nitrogens is 2. The van der Waals surface area contributed by atoms with Crippen LogP contribution < -0.4 is 5.32 Å². The lowest BCUT2D eigenvalue weighted by Crippen LogP contribution is -2.43. The van der Waals surface area contributed by atoms with E-state index >= 15 is 0 Å². The van der Waals surface area contributed by atoms with Gasteiger partial charge in [0.15, 0.2) is 5.82 Å².